The molecule has 2 aliphatic rings. The summed E-state index contributed by atoms with van der Waals surface area (Å²) in [5, 5.41) is 0. The maximum Gasteiger partial charge on any atom is 0.284 e. The molecule has 2 heteroatoms. The molecular weight excluding hydrogens is 114 g/mol. The summed E-state index contributed by atoms with van der Waals surface area (Å²) in [5.41, 5.74) is 0. The Hall–Kier alpha value is -0.840. The van der Waals surface area contributed by atoms with Gasteiger partial charge >= 0.3 is 0 Å². The van der Waals surface area contributed by atoms with Gasteiger partial charge in [0, 0.05) is 0 Å². The largest absolute Gasteiger partial charge is 0.297 e. The van der Waals surface area contributed by atoms with Crippen LogP contribution in [0.2, 0.25) is 0 Å². The van der Waals surface area contributed by atoms with Gasteiger partial charge in [0.25, 0.3) is 12.6 Å². The summed E-state index contributed by atoms with van der Waals surface area (Å²) in [4.78, 5) is 15.0. The third-order valence-electron chi connectivity index (χ3n) is 2.11. The van der Waals surface area contributed by atoms with Crippen LogP contribution in [0.3, 0.4) is 0 Å². The average molecular weight is 122 g/mol. The highest BCUT2D eigenvalue weighted by Gasteiger charge is 2.41. The molecule has 1 aliphatic heterocycles. The predicted molar refractivity (Wildman–Crippen MR) is 33.3 cm³/mol. The number of Topliss-reactive ketones (excluding diaryl/α,β-unsaturated/α-hetero) is 1. The first-order valence-corrected chi connectivity index (χ1v) is 3.33. The third-order valence-corrected chi connectivity index (χ3v) is 2.11. The number of rotatable bonds is 0. The summed E-state index contributed by atoms with van der Waals surface area (Å²) < 4.78 is 0. The SMILES string of the molecule is O=C1C2C#[N+]CC1CC2. The molecule has 0 aromatic rings. The molecule has 0 spiro atoms. The van der Waals surface area contributed by atoms with Crippen molar-refractivity contribution in [1.29, 1.82) is 0 Å². The first-order valence-electron chi connectivity index (χ1n) is 3.33. The van der Waals surface area contributed by atoms with Crippen molar-refractivity contribution in [2.75, 3.05) is 6.54 Å². The zero-order valence-corrected chi connectivity index (χ0v) is 5.13. The Bertz CT molecular complexity index is 211. The summed E-state index contributed by atoms with van der Waals surface area (Å²) in [5.74, 6) is 0.713. The lowest BCUT2D eigenvalue weighted by Crippen LogP contribution is -2.17. The molecule has 0 aromatic heterocycles. The molecule has 0 amide bonds. The molecule has 0 aromatic carbocycles. The summed E-state index contributed by atoms with van der Waals surface area (Å²) in [6.07, 6.45) is 2.03. The standard InChI is InChI=1S/C7H8NO/c9-7-5-1-2-6(7)4-8-3-5/h5-6H,1-3H2/q+1. The summed E-state index contributed by atoms with van der Waals surface area (Å²) in [6.45, 7) is 0.704. The quantitative estimate of drug-likeness (QED) is 0.468. The molecular formula is C7H8NO+. The molecule has 1 heterocycles. The molecule has 2 atom stereocenters. The van der Waals surface area contributed by atoms with Gasteiger partial charge in [-0.1, -0.05) is 4.85 Å². The van der Waals surface area contributed by atoms with E-state index in [9.17, 15) is 4.79 Å². The van der Waals surface area contributed by atoms with E-state index in [2.05, 4.69) is 10.9 Å². The van der Waals surface area contributed by atoms with E-state index in [1.54, 1.807) is 0 Å². The van der Waals surface area contributed by atoms with Crippen molar-refractivity contribution < 1.29 is 4.79 Å². The number of hydrogen-bond acceptors (Lipinski definition) is 1. The van der Waals surface area contributed by atoms with E-state index in [1.807, 2.05) is 0 Å². The predicted octanol–water partition coefficient (Wildman–Crippen LogP) is 0.928. The molecule has 2 rings (SSSR count). The van der Waals surface area contributed by atoms with Crippen molar-refractivity contribution in [3.8, 4) is 6.07 Å². The minimum absolute atomic E-state index is 0.0729. The Balaban J connectivity index is 2.37. The lowest BCUT2D eigenvalue weighted by atomic mass is 10.0. The first kappa shape index (κ1) is 4.99. The number of carbonyl (C=O) groups is 1. The summed E-state index contributed by atoms with van der Waals surface area (Å²) >= 11 is 0. The van der Waals surface area contributed by atoms with Crippen molar-refractivity contribution >= 4 is 5.78 Å². The number of carbonyl (C=O) groups excluding carboxylic acids is 1. The van der Waals surface area contributed by atoms with E-state index in [0.717, 1.165) is 12.8 Å². The zero-order valence-electron chi connectivity index (χ0n) is 5.13. The highest BCUT2D eigenvalue weighted by molar-refractivity contribution is 5.89. The van der Waals surface area contributed by atoms with Gasteiger partial charge in [0.15, 0.2) is 11.7 Å². The molecule has 46 valence electrons. The fraction of sp³-hybridized carbons (Fsp3) is 0.714. The molecule has 0 radical (unpaired) electrons. The van der Waals surface area contributed by atoms with Crippen LogP contribution in [0.15, 0.2) is 0 Å². The normalized spacial score (nSPS) is 38.0. The van der Waals surface area contributed by atoms with Gasteiger partial charge in [-0.15, -0.1) is 0 Å². The van der Waals surface area contributed by atoms with Crippen LogP contribution in [0.25, 0.3) is 4.85 Å². The average Bonchev–Trinajstić information content (AvgIpc) is 2.19. The molecule has 2 unspecified atom stereocenters. The zero-order chi connectivity index (χ0) is 6.27. The second-order valence-corrected chi connectivity index (χ2v) is 2.70. The van der Waals surface area contributed by atoms with Gasteiger partial charge < -0.3 is 0 Å². The minimum Gasteiger partial charge on any atom is -0.297 e. The Morgan fingerprint density at radius 2 is 2.44 bits per heavy atom. The van der Waals surface area contributed by atoms with Gasteiger partial charge in [-0.25, -0.2) is 0 Å². The van der Waals surface area contributed by atoms with Crippen molar-refractivity contribution in [1.82, 2.24) is 0 Å². The molecule has 2 nitrogen and oxygen atoms in total. The Kier molecular flexibility index (Phi) is 0.869. The van der Waals surface area contributed by atoms with Gasteiger partial charge in [-0.2, -0.15) is 0 Å². The molecule has 1 aliphatic carbocycles. The maximum atomic E-state index is 11.1. The van der Waals surface area contributed by atoms with Crippen LogP contribution in [0.1, 0.15) is 12.8 Å². The van der Waals surface area contributed by atoms with Crippen molar-refractivity contribution in [3.05, 3.63) is 4.85 Å². The van der Waals surface area contributed by atoms with Crippen molar-refractivity contribution in [2.24, 2.45) is 11.8 Å². The first-order chi connectivity index (χ1) is 4.38. The van der Waals surface area contributed by atoms with Crippen molar-refractivity contribution in [2.45, 2.75) is 12.8 Å². The summed E-state index contributed by atoms with van der Waals surface area (Å²) in [6, 6.07) is 2.84. The van der Waals surface area contributed by atoms with Crippen LogP contribution in [0, 0.1) is 17.9 Å². The van der Waals surface area contributed by atoms with E-state index in [-0.39, 0.29) is 11.8 Å². The van der Waals surface area contributed by atoms with Crippen LogP contribution in [0.5, 0.6) is 0 Å². The minimum atomic E-state index is 0.0729. The van der Waals surface area contributed by atoms with E-state index in [1.165, 1.54) is 0 Å². The summed E-state index contributed by atoms with van der Waals surface area (Å²) in [7, 11) is 0. The fourth-order valence-electron chi connectivity index (χ4n) is 1.52. The van der Waals surface area contributed by atoms with Gasteiger partial charge in [0.1, 0.15) is 0 Å². The molecule has 1 fully saturated rings. The van der Waals surface area contributed by atoms with Crippen LogP contribution in [-0.2, 0) is 4.79 Å². The van der Waals surface area contributed by atoms with Crippen LogP contribution < -0.4 is 0 Å². The van der Waals surface area contributed by atoms with Gasteiger partial charge in [0.05, 0.1) is 5.92 Å². The van der Waals surface area contributed by atoms with E-state index in [0.29, 0.717) is 12.3 Å². The van der Waals surface area contributed by atoms with Crippen LogP contribution in [0.4, 0.5) is 0 Å². The van der Waals surface area contributed by atoms with Crippen LogP contribution in [-0.4, -0.2) is 12.3 Å². The number of fused-ring (bicyclic) bond motifs is 2. The molecule has 0 saturated heterocycles. The molecule has 1 saturated carbocycles. The smallest absolute Gasteiger partial charge is 0.284 e. The lowest BCUT2D eigenvalue weighted by Gasteiger charge is -1.96. The highest BCUT2D eigenvalue weighted by atomic mass is 16.1. The monoisotopic (exact) mass is 122 g/mol. The van der Waals surface area contributed by atoms with Gasteiger partial charge in [-0.05, 0) is 12.8 Å². The third kappa shape index (κ3) is 0.578. The van der Waals surface area contributed by atoms with E-state index >= 15 is 0 Å². The topological polar surface area (TPSA) is 21.4 Å². The maximum absolute atomic E-state index is 11.1. The highest BCUT2D eigenvalue weighted by Crippen LogP contribution is 2.29. The number of ketones is 1. The van der Waals surface area contributed by atoms with E-state index in [4.69, 9.17) is 0 Å². The van der Waals surface area contributed by atoms with Crippen molar-refractivity contribution in [3.63, 3.8) is 0 Å². The van der Waals surface area contributed by atoms with Gasteiger partial charge in [-0.3, -0.25) is 4.79 Å². The Labute approximate surface area is 53.7 Å². The number of hydrogen-bond donors (Lipinski definition) is 0. The second-order valence-electron chi connectivity index (χ2n) is 2.70. The van der Waals surface area contributed by atoms with Gasteiger partial charge in [0.2, 0.25) is 0 Å². The molecule has 2 bridgehead atoms. The van der Waals surface area contributed by atoms with Crippen LogP contribution >= 0.6 is 0 Å². The fourth-order valence-corrected chi connectivity index (χ4v) is 1.52. The Morgan fingerprint density at radius 1 is 1.56 bits per heavy atom. The van der Waals surface area contributed by atoms with E-state index < -0.39 is 0 Å². The lowest BCUT2D eigenvalue weighted by molar-refractivity contribution is -0.122. The molecule has 0 N–H and O–H groups in total. The molecule has 9 heavy (non-hydrogen) atoms. The Morgan fingerprint density at radius 3 is 3.11 bits per heavy atom. The number of nitrogens with zero attached hydrogens (tertiary/aromatic N) is 1. The second kappa shape index (κ2) is 1.57.